The Labute approximate surface area is 144 Å². The highest BCUT2D eigenvalue weighted by molar-refractivity contribution is 7.99. The monoisotopic (exact) mass is 367 g/mol. The molecule has 0 aromatic heterocycles. The molecule has 0 fully saturated rings. The Hall–Kier alpha value is -1.38. The fourth-order valence-corrected chi connectivity index (χ4v) is 2.10. The second-order valence-electron chi connectivity index (χ2n) is 4.94. The predicted molar refractivity (Wildman–Crippen MR) is 90.0 cm³/mol. The van der Waals surface area contributed by atoms with Gasteiger partial charge >= 0.3 is 0 Å². The molecule has 0 aliphatic carbocycles. The van der Waals surface area contributed by atoms with E-state index in [-0.39, 0.29) is 24.9 Å². The molecule has 23 heavy (non-hydrogen) atoms. The number of halogens is 3. The summed E-state index contributed by atoms with van der Waals surface area (Å²) in [6.45, 7) is 3.37. The van der Waals surface area contributed by atoms with E-state index in [1.165, 1.54) is 12.1 Å². The van der Waals surface area contributed by atoms with Gasteiger partial charge < -0.3 is 16.4 Å². The molecular formula is C14H20ClF2N3O2S. The van der Waals surface area contributed by atoms with E-state index in [1.54, 1.807) is 26.0 Å². The van der Waals surface area contributed by atoms with Gasteiger partial charge in [0.05, 0.1) is 12.6 Å². The first kappa shape index (κ1) is 21.6. The van der Waals surface area contributed by atoms with Crippen LogP contribution in [0.5, 0.6) is 0 Å². The van der Waals surface area contributed by atoms with Crippen molar-refractivity contribution in [1.82, 2.24) is 5.32 Å². The van der Waals surface area contributed by atoms with E-state index in [0.29, 0.717) is 22.3 Å². The van der Waals surface area contributed by atoms with Crippen LogP contribution >= 0.6 is 24.2 Å². The first-order chi connectivity index (χ1) is 10.3. The summed E-state index contributed by atoms with van der Waals surface area (Å²) < 4.78 is 24.6. The Kier molecular flexibility index (Phi) is 9.78. The molecule has 0 heterocycles. The molecule has 0 bridgehead atoms. The Morgan fingerprint density at radius 2 is 1.96 bits per heavy atom. The van der Waals surface area contributed by atoms with Crippen LogP contribution in [-0.4, -0.2) is 30.2 Å². The van der Waals surface area contributed by atoms with Gasteiger partial charge in [-0.3, -0.25) is 9.59 Å². The maximum atomic E-state index is 12.3. The van der Waals surface area contributed by atoms with Crippen LogP contribution in [-0.2, 0) is 9.59 Å². The number of carbonyl (C=O) groups is 2. The first-order valence-electron chi connectivity index (χ1n) is 6.67. The van der Waals surface area contributed by atoms with Crippen LogP contribution < -0.4 is 16.4 Å². The minimum Gasteiger partial charge on any atom is -0.346 e. The lowest BCUT2D eigenvalue weighted by atomic mass is 10.1. The molecule has 0 aliphatic heterocycles. The number of hydrogen-bond acceptors (Lipinski definition) is 4. The molecule has 0 saturated carbocycles. The fraction of sp³-hybridized carbons (Fsp3) is 0.429. The van der Waals surface area contributed by atoms with Crippen molar-refractivity contribution in [3.63, 3.8) is 0 Å². The predicted octanol–water partition coefficient (Wildman–Crippen LogP) is 2.46. The van der Waals surface area contributed by atoms with Gasteiger partial charge in [-0.05, 0) is 24.1 Å². The van der Waals surface area contributed by atoms with Crippen molar-refractivity contribution in [2.24, 2.45) is 11.7 Å². The molecule has 0 saturated heterocycles. The van der Waals surface area contributed by atoms with Crippen molar-refractivity contribution in [3.8, 4) is 0 Å². The number of amides is 2. The van der Waals surface area contributed by atoms with Gasteiger partial charge in [0.15, 0.2) is 0 Å². The minimum atomic E-state index is -2.53. The Morgan fingerprint density at radius 3 is 2.52 bits per heavy atom. The van der Waals surface area contributed by atoms with Crippen molar-refractivity contribution in [2.45, 2.75) is 30.5 Å². The van der Waals surface area contributed by atoms with Crippen LogP contribution in [0, 0.1) is 5.92 Å². The van der Waals surface area contributed by atoms with E-state index in [2.05, 4.69) is 10.6 Å². The Bertz CT molecular complexity index is 532. The van der Waals surface area contributed by atoms with E-state index < -0.39 is 23.6 Å². The van der Waals surface area contributed by atoms with E-state index in [1.807, 2.05) is 0 Å². The molecule has 130 valence electrons. The number of nitrogens with two attached hydrogens (primary N) is 1. The van der Waals surface area contributed by atoms with Crippen LogP contribution in [0.2, 0.25) is 0 Å². The molecule has 0 radical (unpaired) electrons. The molecule has 0 unspecified atom stereocenters. The van der Waals surface area contributed by atoms with Gasteiger partial charge in [-0.2, -0.15) is 8.78 Å². The molecule has 5 nitrogen and oxygen atoms in total. The molecular weight excluding hydrogens is 348 g/mol. The normalized spacial score (nSPS) is 11.8. The molecule has 0 spiro atoms. The van der Waals surface area contributed by atoms with Crippen LogP contribution in [0.25, 0.3) is 0 Å². The lowest BCUT2D eigenvalue weighted by Crippen LogP contribution is -2.46. The van der Waals surface area contributed by atoms with Crippen molar-refractivity contribution in [2.75, 3.05) is 11.9 Å². The lowest BCUT2D eigenvalue weighted by Gasteiger charge is -2.15. The minimum absolute atomic E-state index is 0. The van der Waals surface area contributed by atoms with Gasteiger partial charge in [0, 0.05) is 10.6 Å². The van der Waals surface area contributed by atoms with E-state index >= 15 is 0 Å². The quantitative estimate of drug-likeness (QED) is 0.646. The van der Waals surface area contributed by atoms with E-state index in [4.69, 9.17) is 5.73 Å². The zero-order chi connectivity index (χ0) is 16.7. The summed E-state index contributed by atoms with van der Waals surface area (Å²) in [5.41, 5.74) is 6.03. The maximum absolute atomic E-state index is 12.3. The number of alkyl halides is 2. The average molecular weight is 368 g/mol. The lowest BCUT2D eigenvalue weighted by molar-refractivity contribution is -0.125. The van der Waals surface area contributed by atoms with Gasteiger partial charge in [0.25, 0.3) is 5.76 Å². The number of benzene rings is 1. The number of thioether (sulfide) groups is 1. The average Bonchev–Trinajstić information content (AvgIpc) is 2.43. The van der Waals surface area contributed by atoms with Gasteiger partial charge in [-0.1, -0.05) is 31.7 Å². The summed E-state index contributed by atoms with van der Waals surface area (Å²) in [5.74, 6) is -3.43. The Balaban J connectivity index is 0.00000484. The van der Waals surface area contributed by atoms with E-state index in [9.17, 15) is 18.4 Å². The Morgan fingerprint density at radius 1 is 1.30 bits per heavy atom. The highest BCUT2D eigenvalue weighted by atomic mass is 35.5. The van der Waals surface area contributed by atoms with Crippen molar-refractivity contribution in [1.29, 1.82) is 0 Å². The number of rotatable bonds is 7. The summed E-state index contributed by atoms with van der Waals surface area (Å²) in [4.78, 5) is 23.7. The summed E-state index contributed by atoms with van der Waals surface area (Å²) >= 11 is 0.394. The number of carbonyl (C=O) groups excluding carboxylic acids is 2. The van der Waals surface area contributed by atoms with Gasteiger partial charge in [0.1, 0.15) is 0 Å². The third kappa shape index (κ3) is 8.15. The first-order valence-corrected chi connectivity index (χ1v) is 7.55. The summed E-state index contributed by atoms with van der Waals surface area (Å²) in [7, 11) is 0. The zero-order valence-electron chi connectivity index (χ0n) is 12.7. The van der Waals surface area contributed by atoms with Crippen LogP contribution in [0.1, 0.15) is 13.8 Å². The smallest absolute Gasteiger partial charge is 0.288 e. The zero-order valence-corrected chi connectivity index (χ0v) is 14.3. The summed E-state index contributed by atoms with van der Waals surface area (Å²) in [6, 6.07) is 5.42. The van der Waals surface area contributed by atoms with Crippen LogP contribution in [0.4, 0.5) is 14.5 Å². The second kappa shape index (κ2) is 10.4. The number of anilines is 1. The molecule has 9 heteroatoms. The molecule has 1 rings (SSSR count). The SMILES string of the molecule is CC(C)[C@H](N)C(=O)NCC(=O)Nc1cccc(SC(F)F)c1.Cl. The maximum Gasteiger partial charge on any atom is 0.288 e. The van der Waals surface area contributed by atoms with Gasteiger partial charge in [-0.15, -0.1) is 12.4 Å². The molecule has 1 atom stereocenters. The molecule has 1 aromatic carbocycles. The molecule has 2 amide bonds. The molecule has 0 aliphatic rings. The third-order valence-electron chi connectivity index (χ3n) is 2.79. The highest BCUT2D eigenvalue weighted by Crippen LogP contribution is 2.27. The molecule has 1 aromatic rings. The van der Waals surface area contributed by atoms with Crippen molar-refractivity contribution in [3.05, 3.63) is 24.3 Å². The third-order valence-corrected chi connectivity index (χ3v) is 3.49. The van der Waals surface area contributed by atoms with Gasteiger partial charge in [0.2, 0.25) is 11.8 Å². The summed E-state index contributed by atoms with van der Waals surface area (Å²) in [6.07, 6.45) is 0. The number of nitrogens with one attached hydrogen (secondary N) is 2. The van der Waals surface area contributed by atoms with Gasteiger partial charge in [-0.25, -0.2) is 0 Å². The molecule has 4 N–H and O–H groups in total. The fourth-order valence-electron chi connectivity index (χ4n) is 1.54. The topological polar surface area (TPSA) is 84.2 Å². The van der Waals surface area contributed by atoms with Crippen molar-refractivity contribution < 1.29 is 18.4 Å². The second-order valence-corrected chi connectivity index (χ2v) is 6.01. The standard InChI is InChI=1S/C14H19F2N3O2S.ClH/c1-8(2)12(17)13(21)18-7-11(20)19-9-4-3-5-10(6-9)22-14(15)16;/h3-6,8,12,14H,7,17H2,1-2H3,(H,18,21)(H,19,20);1H/t12-;/m0./s1. The highest BCUT2D eigenvalue weighted by Gasteiger charge is 2.17. The largest absolute Gasteiger partial charge is 0.346 e. The van der Waals surface area contributed by atoms with Crippen molar-refractivity contribution >= 4 is 41.7 Å². The van der Waals surface area contributed by atoms with Crippen LogP contribution in [0.15, 0.2) is 29.2 Å². The summed E-state index contributed by atoms with van der Waals surface area (Å²) in [5, 5.41) is 4.96. The van der Waals surface area contributed by atoms with E-state index in [0.717, 1.165) is 0 Å². The number of hydrogen-bond donors (Lipinski definition) is 3. The van der Waals surface area contributed by atoms with Crippen LogP contribution in [0.3, 0.4) is 0 Å².